The van der Waals surface area contributed by atoms with Crippen molar-refractivity contribution in [1.82, 2.24) is 20.1 Å². The second-order valence-electron chi connectivity index (χ2n) is 6.05. The van der Waals surface area contributed by atoms with E-state index in [-0.39, 0.29) is 11.8 Å². The quantitative estimate of drug-likeness (QED) is 0.617. The molecule has 0 saturated carbocycles. The first-order valence-electron chi connectivity index (χ1n) is 8.62. The zero-order valence-electron chi connectivity index (χ0n) is 14.4. The molecule has 134 valence electrons. The molecule has 0 saturated heterocycles. The Kier molecular flexibility index (Phi) is 6.39. The molecule has 1 atom stereocenters. The van der Waals surface area contributed by atoms with Gasteiger partial charge in [-0.3, -0.25) is 9.48 Å². The number of aromatic nitrogens is 3. The zero-order chi connectivity index (χ0) is 18.2. The number of rotatable bonds is 8. The van der Waals surface area contributed by atoms with E-state index in [1.807, 2.05) is 54.6 Å². The van der Waals surface area contributed by atoms with E-state index in [0.29, 0.717) is 18.0 Å². The molecule has 1 amide bonds. The highest BCUT2D eigenvalue weighted by Gasteiger charge is 2.20. The van der Waals surface area contributed by atoms with Gasteiger partial charge in [-0.05, 0) is 23.6 Å². The fourth-order valence-corrected chi connectivity index (χ4v) is 3.19. The number of nitrogens with one attached hydrogen (secondary N) is 1. The number of amides is 1. The van der Waals surface area contributed by atoms with Gasteiger partial charge >= 0.3 is 0 Å². The lowest BCUT2D eigenvalue weighted by Crippen LogP contribution is -2.27. The van der Waals surface area contributed by atoms with Crippen LogP contribution in [0.5, 0.6) is 0 Å². The number of benzene rings is 2. The molecule has 0 aliphatic carbocycles. The molecule has 3 aromatic rings. The van der Waals surface area contributed by atoms with E-state index in [2.05, 4.69) is 15.4 Å². The number of carbonyl (C=O) groups is 1. The average molecular weight is 369 g/mol. The first-order valence-corrected chi connectivity index (χ1v) is 9.00. The number of nitrogens with zero attached hydrogens (tertiary/aromatic N) is 3. The summed E-state index contributed by atoms with van der Waals surface area (Å²) in [5.41, 5.74) is 2.05. The van der Waals surface area contributed by atoms with Crippen LogP contribution < -0.4 is 5.32 Å². The highest BCUT2D eigenvalue weighted by molar-refractivity contribution is 6.31. The van der Waals surface area contributed by atoms with Crippen molar-refractivity contribution < 1.29 is 4.79 Å². The Labute approximate surface area is 158 Å². The highest BCUT2D eigenvalue weighted by Crippen LogP contribution is 2.32. The molecule has 3 rings (SSSR count). The average Bonchev–Trinajstić information content (AvgIpc) is 3.18. The Hall–Kier alpha value is -2.66. The van der Waals surface area contributed by atoms with Gasteiger partial charge in [-0.15, -0.1) is 0 Å². The van der Waals surface area contributed by atoms with Crippen molar-refractivity contribution in [2.24, 2.45) is 0 Å². The Balaban J connectivity index is 1.62. The summed E-state index contributed by atoms with van der Waals surface area (Å²) in [6.07, 6.45) is 4.34. The third-order valence-electron chi connectivity index (χ3n) is 4.22. The van der Waals surface area contributed by atoms with Crippen LogP contribution in [0.25, 0.3) is 0 Å². The van der Waals surface area contributed by atoms with Gasteiger partial charge in [0.15, 0.2) is 0 Å². The second-order valence-corrected chi connectivity index (χ2v) is 6.46. The van der Waals surface area contributed by atoms with E-state index < -0.39 is 0 Å². The van der Waals surface area contributed by atoms with E-state index in [1.165, 1.54) is 6.33 Å². The molecule has 0 unspecified atom stereocenters. The van der Waals surface area contributed by atoms with Crippen LogP contribution in [-0.4, -0.2) is 27.2 Å². The molecule has 0 bridgehead atoms. The van der Waals surface area contributed by atoms with Crippen LogP contribution in [-0.2, 0) is 11.3 Å². The van der Waals surface area contributed by atoms with Gasteiger partial charge in [0.1, 0.15) is 12.7 Å². The molecule has 0 fully saturated rings. The van der Waals surface area contributed by atoms with Crippen molar-refractivity contribution in [3.63, 3.8) is 0 Å². The van der Waals surface area contributed by atoms with E-state index in [1.54, 1.807) is 11.0 Å². The van der Waals surface area contributed by atoms with Crippen LogP contribution in [0.1, 0.15) is 29.9 Å². The van der Waals surface area contributed by atoms with E-state index in [0.717, 1.165) is 24.1 Å². The Bertz CT molecular complexity index is 821. The Morgan fingerprint density at radius 1 is 1.12 bits per heavy atom. The summed E-state index contributed by atoms with van der Waals surface area (Å²) in [5.74, 6) is -0.0578. The molecule has 0 spiro atoms. The predicted octanol–water partition coefficient (Wildman–Crippen LogP) is 3.66. The van der Waals surface area contributed by atoms with Crippen molar-refractivity contribution in [2.75, 3.05) is 6.54 Å². The van der Waals surface area contributed by atoms with Crippen LogP contribution in [0.3, 0.4) is 0 Å². The summed E-state index contributed by atoms with van der Waals surface area (Å²) in [5, 5.41) is 7.72. The normalized spacial score (nSPS) is 11.9. The summed E-state index contributed by atoms with van der Waals surface area (Å²) >= 11 is 6.39. The van der Waals surface area contributed by atoms with E-state index >= 15 is 0 Å². The summed E-state index contributed by atoms with van der Waals surface area (Å²) < 4.78 is 1.75. The zero-order valence-corrected chi connectivity index (χ0v) is 15.1. The maximum atomic E-state index is 12.5. The highest BCUT2D eigenvalue weighted by atomic mass is 35.5. The van der Waals surface area contributed by atoms with Gasteiger partial charge in [-0.25, -0.2) is 4.98 Å². The molecular formula is C20H21ClN4O. The monoisotopic (exact) mass is 368 g/mol. The van der Waals surface area contributed by atoms with Crippen molar-refractivity contribution in [2.45, 2.75) is 25.3 Å². The summed E-state index contributed by atoms with van der Waals surface area (Å²) in [6, 6.07) is 17.7. The fourth-order valence-electron chi connectivity index (χ4n) is 2.93. The van der Waals surface area contributed by atoms with Crippen molar-refractivity contribution in [3.8, 4) is 0 Å². The minimum absolute atomic E-state index is 0.0114. The maximum absolute atomic E-state index is 12.5. The molecule has 1 heterocycles. The standard InChI is InChI=1S/C20H21ClN4O/c21-19-10-5-4-9-17(19)18(16-7-2-1-3-8-16)13-20(26)23-11-6-12-25-15-22-14-24-25/h1-5,7-10,14-15,18H,6,11-13H2,(H,23,26)/t18-/m0/s1. The van der Waals surface area contributed by atoms with Gasteiger partial charge in [0.05, 0.1) is 0 Å². The molecular weight excluding hydrogens is 348 g/mol. The molecule has 1 N–H and O–H groups in total. The minimum atomic E-state index is -0.0692. The van der Waals surface area contributed by atoms with Gasteiger partial charge < -0.3 is 5.32 Å². The van der Waals surface area contributed by atoms with E-state index in [4.69, 9.17) is 11.6 Å². The van der Waals surface area contributed by atoms with Gasteiger partial charge in [0.25, 0.3) is 0 Å². The first kappa shape index (κ1) is 18.1. The van der Waals surface area contributed by atoms with Gasteiger partial charge in [-0.1, -0.05) is 60.1 Å². The fraction of sp³-hybridized carbons (Fsp3) is 0.250. The number of hydrogen-bond donors (Lipinski definition) is 1. The third kappa shape index (κ3) is 4.92. The molecule has 26 heavy (non-hydrogen) atoms. The number of aryl methyl sites for hydroxylation is 1. The Morgan fingerprint density at radius 2 is 1.88 bits per heavy atom. The predicted molar refractivity (Wildman–Crippen MR) is 102 cm³/mol. The molecule has 5 nitrogen and oxygen atoms in total. The summed E-state index contributed by atoms with van der Waals surface area (Å²) in [6.45, 7) is 1.33. The smallest absolute Gasteiger partial charge is 0.220 e. The molecule has 0 aliphatic rings. The van der Waals surface area contributed by atoms with Gasteiger partial charge in [0, 0.05) is 30.5 Å². The van der Waals surface area contributed by atoms with Gasteiger partial charge in [-0.2, -0.15) is 5.10 Å². The lowest BCUT2D eigenvalue weighted by molar-refractivity contribution is -0.121. The first-order chi connectivity index (χ1) is 12.7. The van der Waals surface area contributed by atoms with Crippen LogP contribution in [0.15, 0.2) is 67.3 Å². The van der Waals surface area contributed by atoms with Crippen molar-refractivity contribution >= 4 is 17.5 Å². The molecule has 0 aliphatic heterocycles. The van der Waals surface area contributed by atoms with Crippen LogP contribution in [0, 0.1) is 0 Å². The molecule has 0 radical (unpaired) electrons. The number of carbonyl (C=O) groups excluding carboxylic acids is 1. The molecule has 1 aromatic heterocycles. The molecule has 2 aromatic carbocycles. The van der Waals surface area contributed by atoms with Crippen molar-refractivity contribution in [1.29, 1.82) is 0 Å². The lowest BCUT2D eigenvalue weighted by atomic mass is 9.88. The third-order valence-corrected chi connectivity index (χ3v) is 4.57. The largest absolute Gasteiger partial charge is 0.356 e. The lowest BCUT2D eigenvalue weighted by Gasteiger charge is -2.19. The SMILES string of the molecule is O=C(C[C@@H](c1ccccc1)c1ccccc1Cl)NCCCn1cncn1. The summed E-state index contributed by atoms with van der Waals surface area (Å²) in [7, 11) is 0. The topological polar surface area (TPSA) is 59.8 Å². The van der Waals surface area contributed by atoms with Crippen LogP contribution in [0.4, 0.5) is 0 Å². The van der Waals surface area contributed by atoms with Crippen molar-refractivity contribution in [3.05, 3.63) is 83.4 Å². The number of hydrogen-bond acceptors (Lipinski definition) is 3. The Morgan fingerprint density at radius 3 is 2.62 bits per heavy atom. The van der Waals surface area contributed by atoms with Crippen LogP contribution in [0.2, 0.25) is 5.02 Å². The maximum Gasteiger partial charge on any atom is 0.220 e. The van der Waals surface area contributed by atoms with E-state index in [9.17, 15) is 4.79 Å². The number of halogens is 1. The van der Waals surface area contributed by atoms with Crippen LogP contribution >= 0.6 is 11.6 Å². The van der Waals surface area contributed by atoms with Gasteiger partial charge in [0.2, 0.25) is 5.91 Å². The minimum Gasteiger partial charge on any atom is -0.356 e. The molecule has 6 heteroatoms. The second kappa shape index (κ2) is 9.15. The summed E-state index contributed by atoms with van der Waals surface area (Å²) in [4.78, 5) is 16.4.